The Kier molecular flexibility index (Phi) is 3.18. The van der Waals surface area contributed by atoms with Gasteiger partial charge >= 0.3 is 0 Å². The van der Waals surface area contributed by atoms with Crippen LogP contribution in [0.3, 0.4) is 0 Å². The Hall–Kier alpha value is -2.50. The van der Waals surface area contributed by atoms with Crippen molar-refractivity contribution in [2.24, 2.45) is 35.5 Å². The van der Waals surface area contributed by atoms with Crippen LogP contribution in [0.4, 0.5) is 10.1 Å². The third-order valence-corrected chi connectivity index (χ3v) is 6.58. The molecule has 3 fully saturated rings. The van der Waals surface area contributed by atoms with Crippen LogP contribution in [0.15, 0.2) is 36.4 Å². The van der Waals surface area contributed by atoms with Crippen molar-refractivity contribution >= 4 is 23.4 Å². The zero-order valence-electron chi connectivity index (χ0n) is 14.3. The summed E-state index contributed by atoms with van der Waals surface area (Å²) in [5.74, 6) is -0.526. The van der Waals surface area contributed by atoms with Gasteiger partial charge in [0.15, 0.2) is 0 Å². The summed E-state index contributed by atoms with van der Waals surface area (Å²) in [6, 6.07) is 4.50. The number of benzene rings is 1. The lowest BCUT2D eigenvalue weighted by molar-refractivity contribution is -0.146. The predicted molar refractivity (Wildman–Crippen MR) is 91.0 cm³/mol. The van der Waals surface area contributed by atoms with Crippen molar-refractivity contribution in [3.8, 4) is 0 Å². The number of hydrogen-bond acceptors (Lipinski definition) is 3. The highest BCUT2D eigenvalue weighted by molar-refractivity contribution is 6.10. The number of allylic oxidation sites excluding steroid dienone is 2. The van der Waals surface area contributed by atoms with Gasteiger partial charge in [-0.05, 0) is 61.3 Å². The molecule has 2 bridgehead atoms. The van der Waals surface area contributed by atoms with E-state index in [-0.39, 0.29) is 35.5 Å². The number of halogens is 1. The fraction of sp³-hybridized carbons (Fsp3) is 0.450. The van der Waals surface area contributed by atoms with Crippen molar-refractivity contribution in [1.29, 1.82) is 0 Å². The average molecular weight is 354 g/mol. The summed E-state index contributed by atoms with van der Waals surface area (Å²) in [5, 5.41) is 2.66. The van der Waals surface area contributed by atoms with Gasteiger partial charge in [-0.25, -0.2) is 4.39 Å². The summed E-state index contributed by atoms with van der Waals surface area (Å²) < 4.78 is 13.0. The maximum absolute atomic E-state index is 13.0. The van der Waals surface area contributed by atoms with Crippen molar-refractivity contribution < 1.29 is 18.8 Å². The first-order valence-electron chi connectivity index (χ1n) is 9.09. The fourth-order valence-corrected chi connectivity index (χ4v) is 5.26. The molecule has 1 saturated heterocycles. The van der Waals surface area contributed by atoms with E-state index in [0.29, 0.717) is 17.5 Å². The number of carbonyl (C=O) groups excluding carboxylic acids is 3. The summed E-state index contributed by atoms with van der Waals surface area (Å²) in [5.41, 5.74) is 0.433. The van der Waals surface area contributed by atoms with E-state index in [1.165, 1.54) is 24.3 Å². The topological polar surface area (TPSA) is 66.5 Å². The van der Waals surface area contributed by atoms with Crippen molar-refractivity contribution in [3.63, 3.8) is 0 Å². The van der Waals surface area contributed by atoms with E-state index in [0.717, 1.165) is 11.3 Å². The van der Waals surface area contributed by atoms with Gasteiger partial charge in [-0.2, -0.15) is 0 Å². The Morgan fingerprint density at radius 1 is 1.08 bits per heavy atom. The Labute approximate surface area is 150 Å². The van der Waals surface area contributed by atoms with Crippen molar-refractivity contribution in [3.05, 3.63) is 42.2 Å². The predicted octanol–water partition coefficient (Wildman–Crippen LogP) is 2.21. The van der Waals surface area contributed by atoms with Gasteiger partial charge < -0.3 is 5.32 Å². The third kappa shape index (κ3) is 2.04. The van der Waals surface area contributed by atoms with Crippen LogP contribution < -0.4 is 5.32 Å². The first-order valence-corrected chi connectivity index (χ1v) is 9.09. The van der Waals surface area contributed by atoms with Crippen LogP contribution in [-0.2, 0) is 14.4 Å². The number of anilines is 1. The Bertz CT molecular complexity index is 813. The van der Waals surface area contributed by atoms with E-state index in [1.807, 2.05) is 0 Å². The summed E-state index contributed by atoms with van der Waals surface area (Å²) in [7, 11) is 0. The van der Waals surface area contributed by atoms with E-state index in [9.17, 15) is 18.8 Å². The number of carbonyl (C=O) groups is 3. The molecule has 1 heterocycles. The molecule has 7 atom stereocenters. The van der Waals surface area contributed by atoms with Crippen molar-refractivity contribution in [2.75, 3.05) is 5.32 Å². The number of likely N-dealkylation sites (tertiary alicyclic amines) is 1. The highest BCUT2D eigenvalue weighted by Crippen LogP contribution is 2.65. The number of imide groups is 1. The first kappa shape index (κ1) is 15.7. The Morgan fingerprint density at radius 3 is 2.15 bits per heavy atom. The molecule has 3 amide bonds. The molecule has 0 radical (unpaired) electrons. The molecule has 5 aliphatic rings. The van der Waals surface area contributed by atoms with Crippen LogP contribution in [-0.4, -0.2) is 28.7 Å². The molecule has 0 unspecified atom stereocenters. The molecule has 0 spiro atoms. The van der Waals surface area contributed by atoms with Crippen LogP contribution in [0.1, 0.15) is 13.3 Å². The highest BCUT2D eigenvalue weighted by Gasteiger charge is 2.67. The van der Waals surface area contributed by atoms with Crippen LogP contribution in [0.5, 0.6) is 0 Å². The molecule has 5 nitrogen and oxygen atoms in total. The standard InChI is InChI=1S/C20H19FN2O3/c1-9(18(24)22-11-4-2-10(21)3-5-11)23-19(25)16-12-6-7-13(15-8-14(12)15)17(16)20(23)26/h2-7,9,12-17H,8H2,1H3,(H,22,24)/t9-,12+,13+,14-,15+,16-,17+/m1/s1. The number of nitrogens with zero attached hydrogens (tertiary/aromatic N) is 1. The lowest BCUT2D eigenvalue weighted by Crippen LogP contribution is -2.46. The Balaban J connectivity index is 1.37. The second kappa shape index (κ2) is 5.25. The van der Waals surface area contributed by atoms with Gasteiger partial charge in [0.05, 0.1) is 11.8 Å². The summed E-state index contributed by atoms with van der Waals surface area (Å²) in [4.78, 5) is 39.7. The average Bonchev–Trinajstić information content (AvgIpc) is 3.41. The van der Waals surface area contributed by atoms with E-state index in [1.54, 1.807) is 6.92 Å². The maximum Gasteiger partial charge on any atom is 0.247 e. The molecular formula is C20H19FN2O3. The van der Waals surface area contributed by atoms with Gasteiger partial charge in [0.25, 0.3) is 0 Å². The molecule has 1 aromatic rings. The maximum atomic E-state index is 13.0. The molecule has 4 aliphatic carbocycles. The minimum atomic E-state index is -0.888. The lowest BCUT2D eigenvalue weighted by Gasteiger charge is -2.37. The Morgan fingerprint density at radius 2 is 1.62 bits per heavy atom. The van der Waals surface area contributed by atoms with Gasteiger partial charge in [0.1, 0.15) is 11.9 Å². The molecule has 1 aliphatic heterocycles. The molecule has 0 aromatic heterocycles. The minimum Gasteiger partial charge on any atom is -0.324 e. The molecule has 6 heteroatoms. The highest BCUT2D eigenvalue weighted by atomic mass is 19.1. The largest absolute Gasteiger partial charge is 0.324 e. The second-order valence-electron chi connectivity index (χ2n) is 7.87. The number of rotatable bonds is 3. The van der Waals surface area contributed by atoms with Gasteiger partial charge in [0, 0.05) is 5.69 Å². The monoisotopic (exact) mass is 354 g/mol. The van der Waals surface area contributed by atoms with E-state index in [4.69, 9.17) is 0 Å². The molecule has 26 heavy (non-hydrogen) atoms. The van der Waals surface area contributed by atoms with Crippen molar-refractivity contribution in [2.45, 2.75) is 19.4 Å². The van der Waals surface area contributed by atoms with Gasteiger partial charge in [-0.1, -0.05) is 12.2 Å². The van der Waals surface area contributed by atoms with Crippen molar-refractivity contribution in [1.82, 2.24) is 4.90 Å². The number of nitrogens with one attached hydrogen (secondary N) is 1. The zero-order valence-corrected chi connectivity index (χ0v) is 14.3. The van der Waals surface area contributed by atoms with Crippen LogP contribution in [0.25, 0.3) is 0 Å². The number of amides is 3. The molecule has 2 saturated carbocycles. The van der Waals surface area contributed by atoms with E-state index in [2.05, 4.69) is 17.5 Å². The van der Waals surface area contributed by atoms with Crippen LogP contribution in [0, 0.1) is 41.3 Å². The van der Waals surface area contributed by atoms with Gasteiger partial charge in [-0.3, -0.25) is 19.3 Å². The minimum absolute atomic E-state index is 0.142. The SMILES string of the molecule is C[C@H](C(=O)Nc1ccc(F)cc1)N1C(=O)[C@@H]2[C@H]3C=C[C@@H]([C@@H]4C[C@H]34)[C@@H]2C1=O. The number of hydrogen-bond donors (Lipinski definition) is 1. The molecular weight excluding hydrogens is 335 g/mol. The molecule has 6 rings (SSSR count). The molecule has 134 valence electrons. The van der Waals surface area contributed by atoms with E-state index >= 15 is 0 Å². The third-order valence-electron chi connectivity index (χ3n) is 6.58. The lowest BCUT2D eigenvalue weighted by atomic mass is 9.63. The quantitative estimate of drug-likeness (QED) is 0.668. The summed E-state index contributed by atoms with van der Waals surface area (Å²) >= 11 is 0. The van der Waals surface area contributed by atoms with E-state index < -0.39 is 17.8 Å². The van der Waals surface area contributed by atoms with Crippen LogP contribution >= 0.6 is 0 Å². The van der Waals surface area contributed by atoms with Gasteiger partial charge in [-0.15, -0.1) is 0 Å². The summed E-state index contributed by atoms with van der Waals surface area (Å²) in [6.07, 6.45) is 5.33. The van der Waals surface area contributed by atoms with Gasteiger partial charge in [0.2, 0.25) is 17.7 Å². The smallest absolute Gasteiger partial charge is 0.247 e. The fourth-order valence-electron chi connectivity index (χ4n) is 5.26. The zero-order chi connectivity index (χ0) is 18.2. The second-order valence-corrected chi connectivity index (χ2v) is 7.87. The van der Waals surface area contributed by atoms with Crippen LogP contribution in [0.2, 0.25) is 0 Å². The summed E-state index contributed by atoms with van der Waals surface area (Å²) in [6.45, 7) is 1.57. The molecule has 1 aromatic carbocycles. The first-order chi connectivity index (χ1) is 12.5. The molecule has 1 N–H and O–H groups in total. The normalized spacial score (nSPS) is 37.4.